The molecule has 0 unspecified atom stereocenters. The summed E-state index contributed by atoms with van der Waals surface area (Å²) in [6.45, 7) is 7.24. The fourth-order valence-electron chi connectivity index (χ4n) is 1.88. The normalized spacial score (nSPS) is 27.4. The Morgan fingerprint density at radius 3 is 2.54 bits per heavy atom. The third kappa shape index (κ3) is 3.90. The predicted octanol–water partition coefficient (Wildman–Crippen LogP) is 1.99. The van der Waals surface area contributed by atoms with Gasteiger partial charge in [0.25, 0.3) is 0 Å². The van der Waals surface area contributed by atoms with Gasteiger partial charge in [0.05, 0.1) is 0 Å². The lowest BCUT2D eigenvalue weighted by molar-refractivity contribution is -0.118. The number of ketones is 1. The molecule has 0 radical (unpaired) electrons. The molecule has 0 heterocycles. The first kappa shape index (κ1) is 10.7. The summed E-state index contributed by atoms with van der Waals surface area (Å²) in [4.78, 5) is 10.8. The molecule has 1 rings (SSSR count). The lowest BCUT2D eigenvalue weighted by atomic mass is 9.77. The van der Waals surface area contributed by atoms with Gasteiger partial charge in [-0.25, -0.2) is 0 Å². The van der Waals surface area contributed by atoms with Gasteiger partial charge in [0.2, 0.25) is 0 Å². The van der Waals surface area contributed by atoms with Crippen molar-refractivity contribution >= 4 is 5.78 Å². The predicted molar refractivity (Wildman–Crippen MR) is 54.7 cm³/mol. The van der Waals surface area contributed by atoms with E-state index in [2.05, 4.69) is 19.2 Å². The van der Waals surface area contributed by atoms with Gasteiger partial charge in [-0.15, -0.1) is 0 Å². The van der Waals surface area contributed by atoms with Crippen LogP contribution in [0.5, 0.6) is 0 Å². The Hall–Kier alpha value is -0.370. The molecule has 0 atom stereocenters. The molecular formula is C11H21NO. The van der Waals surface area contributed by atoms with Crippen molar-refractivity contribution in [1.82, 2.24) is 5.32 Å². The van der Waals surface area contributed by atoms with E-state index in [9.17, 15) is 4.79 Å². The van der Waals surface area contributed by atoms with Gasteiger partial charge in [0.1, 0.15) is 5.78 Å². The maximum absolute atomic E-state index is 10.8. The Bertz CT molecular complexity index is 171. The average Bonchev–Trinajstić information content (AvgIpc) is 1.92. The molecule has 1 N–H and O–H groups in total. The van der Waals surface area contributed by atoms with Gasteiger partial charge in [-0.05, 0) is 38.1 Å². The minimum Gasteiger partial charge on any atom is -0.314 e. The van der Waals surface area contributed by atoms with E-state index >= 15 is 0 Å². The van der Waals surface area contributed by atoms with Gasteiger partial charge < -0.3 is 10.1 Å². The maximum atomic E-state index is 10.8. The number of carbonyl (C=O) groups excluding carboxylic acids is 1. The lowest BCUT2D eigenvalue weighted by Crippen LogP contribution is -2.43. The Morgan fingerprint density at radius 1 is 1.46 bits per heavy atom. The lowest BCUT2D eigenvalue weighted by Gasteiger charge is -2.36. The van der Waals surface area contributed by atoms with Crippen LogP contribution in [0.2, 0.25) is 0 Å². The van der Waals surface area contributed by atoms with Gasteiger partial charge in [0.15, 0.2) is 0 Å². The van der Waals surface area contributed by atoms with Crippen molar-refractivity contribution in [3.63, 3.8) is 0 Å². The summed E-state index contributed by atoms with van der Waals surface area (Å²) in [5.74, 6) is 1.74. The van der Waals surface area contributed by atoms with E-state index in [4.69, 9.17) is 0 Å². The van der Waals surface area contributed by atoms with Crippen molar-refractivity contribution in [3.8, 4) is 0 Å². The second-order valence-electron chi connectivity index (χ2n) is 4.74. The molecule has 0 aliphatic heterocycles. The molecule has 13 heavy (non-hydrogen) atoms. The first-order chi connectivity index (χ1) is 6.08. The molecular weight excluding hydrogens is 162 g/mol. The Balaban J connectivity index is 2.02. The second-order valence-corrected chi connectivity index (χ2v) is 4.74. The molecule has 0 saturated heterocycles. The number of hydrogen-bond donors (Lipinski definition) is 1. The maximum Gasteiger partial charge on any atom is 0.130 e. The monoisotopic (exact) mass is 183 g/mol. The fourth-order valence-corrected chi connectivity index (χ4v) is 1.88. The molecule has 76 valence electrons. The van der Waals surface area contributed by atoms with Crippen LogP contribution in [-0.4, -0.2) is 18.4 Å². The summed E-state index contributed by atoms with van der Waals surface area (Å²) < 4.78 is 0. The quantitative estimate of drug-likeness (QED) is 0.706. The third-order valence-corrected chi connectivity index (χ3v) is 2.63. The molecule has 1 aliphatic rings. The molecule has 0 aromatic carbocycles. The van der Waals surface area contributed by atoms with E-state index in [1.165, 1.54) is 12.8 Å². The molecule has 0 aromatic heterocycles. The highest BCUT2D eigenvalue weighted by Crippen LogP contribution is 2.30. The standard InChI is InChI=1S/C11H21NO/c1-8(2)7-12-11-5-10(6-11)4-9(3)13/h8,10-12H,4-7H2,1-3H3. The van der Waals surface area contributed by atoms with E-state index in [1.54, 1.807) is 6.92 Å². The van der Waals surface area contributed by atoms with Crippen LogP contribution in [0, 0.1) is 11.8 Å². The number of Topliss-reactive ketones (excluding diaryl/α,β-unsaturated/α-hetero) is 1. The number of nitrogens with one attached hydrogen (secondary N) is 1. The first-order valence-electron chi connectivity index (χ1n) is 5.30. The molecule has 1 fully saturated rings. The van der Waals surface area contributed by atoms with Crippen molar-refractivity contribution in [2.24, 2.45) is 11.8 Å². The van der Waals surface area contributed by atoms with Crippen molar-refractivity contribution < 1.29 is 4.79 Å². The van der Waals surface area contributed by atoms with Crippen LogP contribution < -0.4 is 5.32 Å². The molecule has 2 nitrogen and oxygen atoms in total. The van der Waals surface area contributed by atoms with Crippen molar-refractivity contribution in [3.05, 3.63) is 0 Å². The minimum absolute atomic E-state index is 0.340. The van der Waals surface area contributed by atoms with Crippen molar-refractivity contribution in [2.75, 3.05) is 6.54 Å². The summed E-state index contributed by atoms with van der Waals surface area (Å²) in [5, 5.41) is 3.51. The Morgan fingerprint density at radius 2 is 2.08 bits per heavy atom. The van der Waals surface area contributed by atoms with E-state index in [1.807, 2.05) is 0 Å². The van der Waals surface area contributed by atoms with Crippen LogP contribution >= 0.6 is 0 Å². The summed E-state index contributed by atoms with van der Waals surface area (Å²) in [6, 6.07) is 0.687. The van der Waals surface area contributed by atoms with Crippen LogP contribution in [0.4, 0.5) is 0 Å². The zero-order valence-corrected chi connectivity index (χ0v) is 8.97. The van der Waals surface area contributed by atoms with Crippen molar-refractivity contribution in [2.45, 2.75) is 46.1 Å². The summed E-state index contributed by atoms with van der Waals surface area (Å²) in [7, 11) is 0. The molecule has 0 aromatic rings. The van der Waals surface area contributed by atoms with E-state index in [-0.39, 0.29) is 0 Å². The Kier molecular flexibility index (Phi) is 3.91. The molecule has 0 bridgehead atoms. The smallest absolute Gasteiger partial charge is 0.130 e. The second kappa shape index (κ2) is 4.75. The summed E-state index contributed by atoms with van der Waals surface area (Å²) in [5.41, 5.74) is 0. The fraction of sp³-hybridized carbons (Fsp3) is 0.909. The molecule has 0 amide bonds. The van der Waals surface area contributed by atoms with E-state index < -0.39 is 0 Å². The van der Waals surface area contributed by atoms with E-state index in [0.29, 0.717) is 17.7 Å². The molecule has 2 heteroatoms. The highest BCUT2D eigenvalue weighted by atomic mass is 16.1. The SMILES string of the molecule is CC(=O)CC1CC(NCC(C)C)C1. The Labute approximate surface area is 81.1 Å². The van der Waals surface area contributed by atoms with Gasteiger partial charge in [-0.2, -0.15) is 0 Å². The van der Waals surface area contributed by atoms with Gasteiger partial charge in [-0.3, -0.25) is 0 Å². The zero-order valence-electron chi connectivity index (χ0n) is 8.97. The largest absolute Gasteiger partial charge is 0.314 e. The highest BCUT2D eigenvalue weighted by Gasteiger charge is 2.29. The number of hydrogen-bond acceptors (Lipinski definition) is 2. The molecule has 1 saturated carbocycles. The molecule has 0 spiro atoms. The molecule has 1 aliphatic carbocycles. The van der Waals surface area contributed by atoms with Crippen LogP contribution in [0.3, 0.4) is 0 Å². The van der Waals surface area contributed by atoms with Crippen LogP contribution in [0.25, 0.3) is 0 Å². The third-order valence-electron chi connectivity index (χ3n) is 2.63. The topological polar surface area (TPSA) is 29.1 Å². The van der Waals surface area contributed by atoms with Gasteiger partial charge in [-0.1, -0.05) is 13.8 Å². The van der Waals surface area contributed by atoms with Gasteiger partial charge >= 0.3 is 0 Å². The van der Waals surface area contributed by atoms with E-state index in [0.717, 1.165) is 18.9 Å². The van der Waals surface area contributed by atoms with Crippen molar-refractivity contribution in [1.29, 1.82) is 0 Å². The minimum atomic E-state index is 0.340. The van der Waals surface area contributed by atoms with Gasteiger partial charge in [0, 0.05) is 12.5 Å². The number of carbonyl (C=O) groups is 1. The summed E-state index contributed by atoms with van der Waals surface area (Å²) in [6.07, 6.45) is 3.19. The first-order valence-corrected chi connectivity index (χ1v) is 5.30. The number of rotatable bonds is 5. The highest BCUT2D eigenvalue weighted by molar-refractivity contribution is 5.75. The van der Waals surface area contributed by atoms with Crippen LogP contribution in [-0.2, 0) is 4.79 Å². The average molecular weight is 183 g/mol. The zero-order chi connectivity index (χ0) is 9.84. The van der Waals surface area contributed by atoms with Crippen LogP contribution in [0.1, 0.15) is 40.0 Å². The summed E-state index contributed by atoms with van der Waals surface area (Å²) >= 11 is 0. The van der Waals surface area contributed by atoms with Crippen LogP contribution in [0.15, 0.2) is 0 Å².